The molecule has 3 N–H and O–H groups in total. The van der Waals surface area contributed by atoms with Gasteiger partial charge in [-0.1, -0.05) is 18.2 Å². The lowest BCUT2D eigenvalue weighted by Crippen LogP contribution is -2.06. The molecular weight excluding hydrogens is 394 g/mol. The Balaban J connectivity index is 1.63. The van der Waals surface area contributed by atoms with E-state index in [1.807, 2.05) is 66.2 Å². The van der Waals surface area contributed by atoms with Crippen molar-refractivity contribution in [3.05, 3.63) is 76.7 Å². The number of aromatic nitrogens is 5. The zero-order chi connectivity index (χ0) is 20.5. The van der Waals surface area contributed by atoms with Gasteiger partial charge in [0.2, 0.25) is 5.95 Å². The number of fused-ring (bicyclic) bond motifs is 1. The van der Waals surface area contributed by atoms with E-state index in [1.54, 1.807) is 22.2 Å². The first-order chi connectivity index (χ1) is 14.7. The molecule has 8 heteroatoms. The van der Waals surface area contributed by atoms with E-state index in [0.717, 1.165) is 33.6 Å². The maximum Gasteiger partial charge on any atom is 0.225 e. The smallest absolute Gasteiger partial charge is 0.225 e. The van der Waals surface area contributed by atoms with E-state index in [1.165, 1.54) is 0 Å². The average Bonchev–Trinajstić information content (AvgIpc) is 3.41. The lowest BCUT2D eigenvalue weighted by atomic mass is 10.1. The largest absolute Gasteiger partial charge is 0.383 e. The van der Waals surface area contributed by atoms with Gasteiger partial charge in [0.05, 0.1) is 29.0 Å². The molecule has 148 valence electrons. The van der Waals surface area contributed by atoms with E-state index < -0.39 is 0 Å². The van der Waals surface area contributed by atoms with Crippen molar-refractivity contribution in [1.29, 1.82) is 0 Å². The fourth-order valence-corrected chi connectivity index (χ4v) is 3.97. The van der Waals surface area contributed by atoms with Gasteiger partial charge in [-0.25, -0.2) is 9.67 Å². The summed E-state index contributed by atoms with van der Waals surface area (Å²) in [6.07, 6.45) is 1.77. The molecule has 0 aliphatic heterocycles. The molecule has 0 radical (unpaired) electrons. The van der Waals surface area contributed by atoms with Crippen molar-refractivity contribution in [3.8, 4) is 16.9 Å². The second-order valence-electron chi connectivity index (χ2n) is 6.92. The molecule has 0 fully saturated rings. The number of thiophene rings is 1. The van der Waals surface area contributed by atoms with Crippen molar-refractivity contribution in [1.82, 2.24) is 24.7 Å². The van der Waals surface area contributed by atoms with Crippen molar-refractivity contribution in [2.45, 2.75) is 13.5 Å². The minimum Gasteiger partial charge on any atom is -0.383 e. The van der Waals surface area contributed by atoms with E-state index in [0.29, 0.717) is 24.0 Å². The molecule has 0 saturated heterocycles. The number of nitrogen functional groups attached to an aromatic ring is 1. The monoisotopic (exact) mass is 413 g/mol. The minimum atomic E-state index is 0.489. The van der Waals surface area contributed by atoms with Crippen LogP contribution in [0.4, 0.5) is 11.8 Å². The van der Waals surface area contributed by atoms with Crippen LogP contribution in [0.15, 0.2) is 65.5 Å². The highest BCUT2D eigenvalue weighted by Crippen LogP contribution is 2.33. The summed E-state index contributed by atoms with van der Waals surface area (Å²) in [5, 5.41) is 12.8. The van der Waals surface area contributed by atoms with Crippen molar-refractivity contribution in [3.63, 3.8) is 0 Å². The van der Waals surface area contributed by atoms with Crippen LogP contribution in [0.5, 0.6) is 0 Å². The Morgan fingerprint density at radius 1 is 1.10 bits per heavy atom. The van der Waals surface area contributed by atoms with Gasteiger partial charge in [0.15, 0.2) is 5.65 Å². The number of aryl methyl sites for hydroxylation is 1. The van der Waals surface area contributed by atoms with Crippen LogP contribution in [0, 0.1) is 6.92 Å². The summed E-state index contributed by atoms with van der Waals surface area (Å²) in [6, 6.07) is 15.9. The molecule has 1 aromatic carbocycles. The Morgan fingerprint density at radius 3 is 2.80 bits per heavy atom. The van der Waals surface area contributed by atoms with E-state index in [2.05, 4.69) is 15.3 Å². The van der Waals surface area contributed by atoms with Crippen LogP contribution in [0.2, 0.25) is 0 Å². The van der Waals surface area contributed by atoms with Gasteiger partial charge >= 0.3 is 0 Å². The van der Waals surface area contributed by atoms with Crippen molar-refractivity contribution >= 4 is 34.1 Å². The van der Waals surface area contributed by atoms with E-state index in [-0.39, 0.29) is 0 Å². The lowest BCUT2D eigenvalue weighted by molar-refractivity contribution is 0.897. The molecule has 0 aliphatic rings. The third-order valence-electron chi connectivity index (χ3n) is 4.76. The number of benzene rings is 1. The number of rotatable bonds is 5. The number of hydrogen-bond donors (Lipinski definition) is 2. The van der Waals surface area contributed by atoms with Crippen LogP contribution < -0.4 is 11.1 Å². The molecule has 0 spiro atoms. The van der Waals surface area contributed by atoms with Crippen LogP contribution in [0.1, 0.15) is 11.3 Å². The highest BCUT2D eigenvalue weighted by molar-refractivity contribution is 7.08. The molecule has 4 aromatic heterocycles. The molecule has 4 heterocycles. The Morgan fingerprint density at radius 2 is 2.03 bits per heavy atom. The summed E-state index contributed by atoms with van der Waals surface area (Å²) in [4.78, 5) is 13.7. The molecule has 30 heavy (non-hydrogen) atoms. The fraction of sp³-hybridized carbons (Fsp3) is 0.0909. The molecule has 7 nitrogen and oxygen atoms in total. The summed E-state index contributed by atoms with van der Waals surface area (Å²) < 4.78 is 1.73. The highest BCUT2D eigenvalue weighted by atomic mass is 32.1. The molecule has 5 rings (SSSR count). The quantitative estimate of drug-likeness (QED) is 0.442. The molecule has 5 aromatic rings. The fourth-order valence-electron chi connectivity index (χ4n) is 3.33. The summed E-state index contributed by atoms with van der Waals surface area (Å²) in [5.41, 5.74) is 11.8. The van der Waals surface area contributed by atoms with Crippen LogP contribution in [-0.4, -0.2) is 24.7 Å². The van der Waals surface area contributed by atoms with Gasteiger partial charge in [-0.15, -0.1) is 5.10 Å². The van der Waals surface area contributed by atoms with Gasteiger partial charge in [0, 0.05) is 17.1 Å². The van der Waals surface area contributed by atoms with Crippen molar-refractivity contribution in [2.24, 2.45) is 0 Å². The topological polar surface area (TPSA) is 94.5 Å². The maximum atomic E-state index is 6.54. The number of anilines is 2. The van der Waals surface area contributed by atoms with Crippen LogP contribution in [0.25, 0.3) is 28.0 Å². The SMILES string of the molecule is Cc1cccc(-n2nc3nc(NCc4ccccn4)nc(-c4ccsc4)c3c2N)c1. The van der Waals surface area contributed by atoms with Crippen molar-refractivity contribution in [2.75, 3.05) is 11.1 Å². The third-order valence-corrected chi connectivity index (χ3v) is 5.45. The normalized spacial score (nSPS) is 11.1. The number of nitrogens with two attached hydrogens (primary N) is 1. The second kappa shape index (κ2) is 7.57. The Labute approximate surface area is 177 Å². The Kier molecular flexibility index (Phi) is 4.61. The predicted molar refractivity (Wildman–Crippen MR) is 121 cm³/mol. The molecule has 0 amide bonds. The molecule has 0 saturated carbocycles. The van der Waals surface area contributed by atoms with Gasteiger partial charge < -0.3 is 11.1 Å². The van der Waals surface area contributed by atoms with Crippen molar-refractivity contribution < 1.29 is 0 Å². The molecule has 0 aliphatic carbocycles. The second-order valence-corrected chi connectivity index (χ2v) is 7.70. The number of hydrogen-bond acceptors (Lipinski definition) is 7. The van der Waals surface area contributed by atoms with Crippen LogP contribution in [-0.2, 0) is 6.54 Å². The maximum absolute atomic E-state index is 6.54. The van der Waals surface area contributed by atoms with Crippen LogP contribution >= 0.6 is 11.3 Å². The molecule has 0 atom stereocenters. The first kappa shape index (κ1) is 18.3. The lowest BCUT2D eigenvalue weighted by Gasteiger charge is -2.07. The predicted octanol–water partition coefficient (Wildman–Crippen LogP) is 4.44. The first-order valence-electron chi connectivity index (χ1n) is 9.48. The summed E-state index contributed by atoms with van der Waals surface area (Å²) >= 11 is 1.61. The molecule has 0 unspecified atom stereocenters. The summed E-state index contributed by atoms with van der Waals surface area (Å²) in [5.74, 6) is 1.01. The molecular formula is C22H19N7S. The minimum absolute atomic E-state index is 0.489. The van der Waals surface area contributed by atoms with E-state index in [9.17, 15) is 0 Å². The van der Waals surface area contributed by atoms with Crippen LogP contribution in [0.3, 0.4) is 0 Å². The first-order valence-corrected chi connectivity index (χ1v) is 10.4. The number of nitrogens with zero attached hydrogens (tertiary/aromatic N) is 5. The Bertz CT molecular complexity index is 1310. The zero-order valence-electron chi connectivity index (χ0n) is 16.3. The highest BCUT2D eigenvalue weighted by Gasteiger charge is 2.19. The third kappa shape index (κ3) is 3.37. The van der Waals surface area contributed by atoms with E-state index >= 15 is 0 Å². The van der Waals surface area contributed by atoms with E-state index in [4.69, 9.17) is 15.8 Å². The standard InChI is InChI=1S/C22H19N7S/c1-14-5-4-7-17(11-14)29-20(23)18-19(15-8-10-30-13-15)26-22(27-21(18)28-29)25-12-16-6-2-3-9-24-16/h2-11,13H,12,23H2,1H3,(H,25,27,28). The summed E-state index contributed by atoms with van der Waals surface area (Å²) in [7, 11) is 0. The summed E-state index contributed by atoms with van der Waals surface area (Å²) in [6.45, 7) is 2.56. The number of nitrogens with one attached hydrogen (secondary N) is 1. The van der Waals surface area contributed by atoms with Gasteiger partial charge in [-0.2, -0.15) is 16.3 Å². The van der Waals surface area contributed by atoms with Gasteiger partial charge in [0.25, 0.3) is 0 Å². The number of pyridine rings is 1. The molecule has 0 bridgehead atoms. The zero-order valence-corrected chi connectivity index (χ0v) is 17.1. The van der Waals surface area contributed by atoms with Gasteiger partial charge in [0.1, 0.15) is 5.82 Å². The average molecular weight is 414 g/mol. The van der Waals surface area contributed by atoms with Gasteiger partial charge in [-0.3, -0.25) is 4.98 Å². The van der Waals surface area contributed by atoms with Gasteiger partial charge in [-0.05, 0) is 48.2 Å². The Hall–Kier alpha value is -3.78.